The minimum atomic E-state index is 0.0735. The zero-order chi connectivity index (χ0) is 14.7. The lowest BCUT2D eigenvalue weighted by atomic mass is 9.72. The second-order valence-corrected chi connectivity index (χ2v) is 6.96. The Bertz CT molecular complexity index is 456. The molecule has 0 radical (unpaired) electrons. The van der Waals surface area contributed by atoms with E-state index in [1.165, 1.54) is 5.56 Å². The quantitative estimate of drug-likeness (QED) is 0.786. The van der Waals surface area contributed by atoms with Crippen LogP contribution < -0.4 is 0 Å². The average molecular weight is 262 g/mol. The van der Waals surface area contributed by atoms with Gasteiger partial charge in [0.15, 0.2) is 0 Å². The summed E-state index contributed by atoms with van der Waals surface area (Å²) in [6.07, 6.45) is 1.08. The second kappa shape index (κ2) is 5.72. The van der Waals surface area contributed by atoms with Crippen molar-refractivity contribution in [3.05, 3.63) is 29.3 Å². The molecule has 0 unspecified atom stereocenters. The molecule has 106 valence electrons. The van der Waals surface area contributed by atoms with Crippen LogP contribution in [0.4, 0.5) is 0 Å². The summed E-state index contributed by atoms with van der Waals surface area (Å²) in [5, 5.41) is 17.6. The highest BCUT2D eigenvalue weighted by atomic mass is 16.3. The molecular weight excluding hydrogens is 236 g/mol. The fourth-order valence-corrected chi connectivity index (χ4v) is 2.71. The molecule has 0 aliphatic heterocycles. The molecule has 0 fully saturated rings. The summed E-state index contributed by atoms with van der Waals surface area (Å²) in [6.45, 7) is 11.7. The first-order chi connectivity index (χ1) is 8.65. The van der Waals surface area contributed by atoms with Gasteiger partial charge in [-0.05, 0) is 34.9 Å². The molecule has 0 saturated carbocycles. The molecular formula is C16H26N2O. The van der Waals surface area contributed by atoms with Gasteiger partial charge in [0.2, 0.25) is 0 Å². The third-order valence-electron chi connectivity index (χ3n) is 3.22. The predicted octanol–water partition coefficient (Wildman–Crippen LogP) is 4.69. The molecule has 0 heterocycles. The summed E-state index contributed by atoms with van der Waals surface area (Å²) in [7, 11) is 1.64. The summed E-state index contributed by atoms with van der Waals surface area (Å²) in [4.78, 5) is 0. The van der Waals surface area contributed by atoms with E-state index >= 15 is 0 Å². The van der Waals surface area contributed by atoms with Crippen molar-refractivity contribution in [3.8, 4) is 5.75 Å². The third kappa shape index (κ3) is 4.66. The van der Waals surface area contributed by atoms with Gasteiger partial charge in [-0.25, -0.2) is 0 Å². The summed E-state index contributed by atoms with van der Waals surface area (Å²) in [6, 6.07) is 5.82. The van der Waals surface area contributed by atoms with E-state index in [4.69, 9.17) is 0 Å². The maximum atomic E-state index is 9.86. The highest BCUT2D eigenvalue weighted by molar-refractivity contribution is 5.39. The molecule has 0 amide bonds. The maximum Gasteiger partial charge on any atom is 0.120 e. The van der Waals surface area contributed by atoms with Crippen LogP contribution >= 0.6 is 0 Å². The van der Waals surface area contributed by atoms with Gasteiger partial charge in [0.25, 0.3) is 0 Å². The normalized spacial score (nSPS) is 13.2. The highest BCUT2D eigenvalue weighted by Crippen LogP contribution is 2.37. The molecule has 0 aliphatic carbocycles. The molecule has 1 N–H and O–H groups in total. The van der Waals surface area contributed by atoms with E-state index in [0.717, 1.165) is 12.0 Å². The fraction of sp³-hybridized carbons (Fsp3) is 0.625. The summed E-state index contributed by atoms with van der Waals surface area (Å²) < 4.78 is 0. The Hall–Kier alpha value is -1.38. The van der Waals surface area contributed by atoms with Gasteiger partial charge in [0.1, 0.15) is 5.75 Å². The first-order valence-electron chi connectivity index (χ1n) is 6.74. The van der Waals surface area contributed by atoms with Crippen LogP contribution in [-0.2, 0) is 12.0 Å². The molecule has 3 nitrogen and oxygen atoms in total. The number of azo groups is 1. The molecule has 0 bridgehead atoms. The number of phenols is 1. The number of aromatic hydroxyl groups is 1. The smallest absolute Gasteiger partial charge is 0.120 e. The minimum Gasteiger partial charge on any atom is -0.508 e. The highest BCUT2D eigenvalue weighted by Gasteiger charge is 2.27. The molecule has 0 aliphatic rings. The molecule has 1 rings (SSSR count). The van der Waals surface area contributed by atoms with Gasteiger partial charge in [-0.1, -0.05) is 40.7 Å². The van der Waals surface area contributed by atoms with Gasteiger partial charge >= 0.3 is 0 Å². The predicted molar refractivity (Wildman–Crippen MR) is 79.7 cm³/mol. The largest absolute Gasteiger partial charge is 0.508 e. The van der Waals surface area contributed by atoms with Crippen molar-refractivity contribution in [2.75, 3.05) is 7.05 Å². The van der Waals surface area contributed by atoms with E-state index in [1.807, 2.05) is 6.07 Å². The molecule has 1 aromatic carbocycles. The van der Waals surface area contributed by atoms with Crippen LogP contribution in [-0.4, -0.2) is 12.2 Å². The Kier molecular flexibility index (Phi) is 4.72. The first kappa shape index (κ1) is 15.7. The van der Waals surface area contributed by atoms with Crippen molar-refractivity contribution in [2.45, 2.75) is 53.0 Å². The van der Waals surface area contributed by atoms with Gasteiger partial charge in [0.05, 0.1) is 6.54 Å². The van der Waals surface area contributed by atoms with Gasteiger partial charge < -0.3 is 5.11 Å². The lowest BCUT2D eigenvalue weighted by Gasteiger charge is -2.33. The van der Waals surface area contributed by atoms with E-state index < -0.39 is 0 Å². The standard InChI is InChI=1S/C16H26N2O/c1-15(2,3)11-16(4,5)13-7-8-14(19)12(9-13)10-18-17-6/h7-9,19H,10-11H2,1-6H3. The van der Waals surface area contributed by atoms with E-state index in [-0.39, 0.29) is 10.8 Å². The van der Waals surface area contributed by atoms with Crippen molar-refractivity contribution in [2.24, 2.45) is 15.6 Å². The summed E-state index contributed by atoms with van der Waals surface area (Å²) >= 11 is 0. The second-order valence-electron chi connectivity index (χ2n) is 6.96. The Morgan fingerprint density at radius 1 is 1.11 bits per heavy atom. The molecule has 1 aromatic rings. The van der Waals surface area contributed by atoms with E-state index in [9.17, 15) is 5.11 Å². The molecule has 0 aromatic heterocycles. The van der Waals surface area contributed by atoms with Crippen molar-refractivity contribution in [3.63, 3.8) is 0 Å². The van der Waals surface area contributed by atoms with Crippen LogP contribution in [0.3, 0.4) is 0 Å². The Balaban J connectivity index is 3.06. The Labute approximate surface area is 116 Å². The van der Waals surface area contributed by atoms with Crippen LogP contribution in [0.1, 0.15) is 52.2 Å². The lowest BCUT2D eigenvalue weighted by molar-refractivity contribution is 0.284. The number of hydrogen-bond donors (Lipinski definition) is 1. The SMILES string of the molecule is CN=NCc1cc(C(C)(C)CC(C)(C)C)ccc1O. The molecule has 0 spiro atoms. The number of phenolic OH excluding ortho intramolecular Hbond substituents is 1. The van der Waals surface area contributed by atoms with Crippen LogP contribution in [0.2, 0.25) is 0 Å². The molecule has 0 saturated heterocycles. The summed E-state index contributed by atoms with van der Waals surface area (Å²) in [5.74, 6) is 0.294. The number of rotatable bonds is 4. The van der Waals surface area contributed by atoms with E-state index in [1.54, 1.807) is 13.1 Å². The van der Waals surface area contributed by atoms with Crippen LogP contribution in [0.5, 0.6) is 5.75 Å². The van der Waals surface area contributed by atoms with Crippen LogP contribution in [0.25, 0.3) is 0 Å². The maximum absolute atomic E-state index is 9.86. The van der Waals surface area contributed by atoms with Crippen LogP contribution in [0.15, 0.2) is 28.4 Å². The van der Waals surface area contributed by atoms with Gasteiger partial charge in [0, 0.05) is 12.6 Å². The van der Waals surface area contributed by atoms with Crippen LogP contribution in [0, 0.1) is 5.41 Å². The third-order valence-corrected chi connectivity index (χ3v) is 3.22. The van der Waals surface area contributed by atoms with Crippen molar-refractivity contribution >= 4 is 0 Å². The molecule has 0 atom stereocenters. The minimum absolute atomic E-state index is 0.0735. The zero-order valence-electron chi connectivity index (χ0n) is 13.0. The summed E-state index contributed by atoms with van der Waals surface area (Å²) in [5.41, 5.74) is 2.42. The van der Waals surface area contributed by atoms with E-state index in [2.05, 4.69) is 50.9 Å². The van der Waals surface area contributed by atoms with Gasteiger partial charge in [-0.3, -0.25) is 0 Å². The Morgan fingerprint density at radius 3 is 2.26 bits per heavy atom. The van der Waals surface area contributed by atoms with Crippen molar-refractivity contribution < 1.29 is 5.11 Å². The van der Waals surface area contributed by atoms with Gasteiger partial charge in [-0.15, -0.1) is 0 Å². The topological polar surface area (TPSA) is 45.0 Å². The zero-order valence-corrected chi connectivity index (χ0v) is 13.0. The Morgan fingerprint density at radius 2 is 1.74 bits per heavy atom. The monoisotopic (exact) mass is 262 g/mol. The molecule has 3 heteroatoms. The fourth-order valence-electron chi connectivity index (χ4n) is 2.71. The van der Waals surface area contributed by atoms with Crippen molar-refractivity contribution in [1.82, 2.24) is 0 Å². The average Bonchev–Trinajstić information content (AvgIpc) is 2.24. The van der Waals surface area contributed by atoms with Crippen molar-refractivity contribution in [1.29, 1.82) is 0 Å². The molecule has 19 heavy (non-hydrogen) atoms. The lowest BCUT2D eigenvalue weighted by Crippen LogP contribution is -2.24. The van der Waals surface area contributed by atoms with E-state index in [0.29, 0.717) is 12.3 Å². The number of nitrogens with zero attached hydrogens (tertiary/aromatic N) is 2. The first-order valence-corrected chi connectivity index (χ1v) is 6.74. The number of benzene rings is 1. The number of hydrogen-bond acceptors (Lipinski definition) is 3. The van der Waals surface area contributed by atoms with Gasteiger partial charge in [-0.2, -0.15) is 10.2 Å².